The maximum absolute atomic E-state index is 14.1. The molecule has 232 valence electrons. The number of nitrogens with one attached hydrogen (secondary N) is 1. The van der Waals surface area contributed by atoms with Crippen molar-refractivity contribution in [1.29, 1.82) is 0 Å². The molecule has 11 nitrogen and oxygen atoms in total. The van der Waals surface area contributed by atoms with E-state index in [1.165, 1.54) is 58.9 Å². The summed E-state index contributed by atoms with van der Waals surface area (Å²) in [5.74, 6) is 0.474. The Morgan fingerprint density at radius 3 is 2.14 bits per heavy atom. The lowest BCUT2D eigenvalue weighted by molar-refractivity contribution is -0.119. The van der Waals surface area contributed by atoms with E-state index in [-0.39, 0.29) is 22.1 Å². The van der Waals surface area contributed by atoms with Crippen LogP contribution in [0.4, 0.5) is 5.69 Å². The molecule has 0 fully saturated rings. The molecule has 0 spiro atoms. The van der Waals surface area contributed by atoms with E-state index in [0.29, 0.717) is 11.5 Å². The highest BCUT2D eigenvalue weighted by Gasteiger charge is 2.31. The van der Waals surface area contributed by atoms with Crippen molar-refractivity contribution >= 4 is 27.8 Å². The Morgan fingerprint density at radius 2 is 1.50 bits per heavy atom. The molecule has 0 aliphatic rings. The van der Waals surface area contributed by atoms with Crippen molar-refractivity contribution in [2.45, 2.75) is 25.7 Å². The molecule has 1 aromatic heterocycles. The molecule has 1 amide bonds. The number of carbonyl (C=O) groups is 1. The van der Waals surface area contributed by atoms with Crippen molar-refractivity contribution in [2.24, 2.45) is 5.10 Å². The van der Waals surface area contributed by atoms with E-state index >= 15 is 0 Å². The summed E-state index contributed by atoms with van der Waals surface area (Å²) in [6.45, 7) is 5.37. The standard InChI is InChI=1S/C32H36N4O7S/c1-21-8-10-25(11-9-21)36-22(2)16-24(23(36)3)19-33-34-32(37)20-35(28-17-26(40-4)12-14-29(28)41-5)44(38,39)27-13-15-30(42-6)31(18-27)43-7/h8-19H,20H2,1-7H3,(H,34,37)/b33-19-. The summed E-state index contributed by atoms with van der Waals surface area (Å²) in [5.41, 5.74) is 7.46. The van der Waals surface area contributed by atoms with Gasteiger partial charge < -0.3 is 23.5 Å². The molecule has 3 aromatic carbocycles. The predicted molar refractivity (Wildman–Crippen MR) is 169 cm³/mol. The summed E-state index contributed by atoms with van der Waals surface area (Å²) < 4.78 is 52.5. The number of aryl methyl sites for hydroxylation is 2. The molecule has 12 heteroatoms. The van der Waals surface area contributed by atoms with Crippen LogP contribution < -0.4 is 28.7 Å². The molecule has 4 aromatic rings. The van der Waals surface area contributed by atoms with E-state index in [1.54, 1.807) is 12.1 Å². The van der Waals surface area contributed by atoms with Crippen molar-refractivity contribution in [1.82, 2.24) is 9.99 Å². The number of benzene rings is 3. The van der Waals surface area contributed by atoms with E-state index < -0.39 is 22.5 Å². The molecular weight excluding hydrogens is 584 g/mol. The van der Waals surface area contributed by atoms with Crippen LogP contribution >= 0.6 is 0 Å². The highest BCUT2D eigenvalue weighted by molar-refractivity contribution is 7.92. The average molecular weight is 621 g/mol. The first-order valence-electron chi connectivity index (χ1n) is 13.6. The summed E-state index contributed by atoms with van der Waals surface area (Å²) in [4.78, 5) is 13.1. The minimum absolute atomic E-state index is 0.0995. The van der Waals surface area contributed by atoms with Gasteiger partial charge in [-0.15, -0.1) is 0 Å². The minimum atomic E-state index is -4.34. The van der Waals surface area contributed by atoms with Crippen molar-refractivity contribution < 1.29 is 32.2 Å². The molecule has 0 radical (unpaired) electrons. The Labute approximate surface area is 257 Å². The highest BCUT2D eigenvalue weighted by atomic mass is 32.2. The van der Waals surface area contributed by atoms with E-state index in [4.69, 9.17) is 18.9 Å². The zero-order chi connectivity index (χ0) is 32.0. The Balaban J connectivity index is 1.65. The van der Waals surface area contributed by atoms with Gasteiger partial charge in [-0.2, -0.15) is 5.10 Å². The summed E-state index contributed by atoms with van der Waals surface area (Å²) in [5, 5.41) is 4.14. The Kier molecular flexibility index (Phi) is 9.84. The molecule has 0 aliphatic carbocycles. The minimum Gasteiger partial charge on any atom is -0.497 e. The molecular formula is C32H36N4O7S. The largest absolute Gasteiger partial charge is 0.497 e. The Bertz CT molecular complexity index is 1780. The van der Waals surface area contributed by atoms with Crippen LogP contribution in [0, 0.1) is 20.8 Å². The van der Waals surface area contributed by atoms with Crippen molar-refractivity contribution in [3.63, 3.8) is 0 Å². The number of rotatable bonds is 12. The number of amides is 1. The van der Waals surface area contributed by atoms with Crippen molar-refractivity contribution in [3.05, 3.63) is 89.2 Å². The van der Waals surface area contributed by atoms with Crippen LogP contribution in [-0.2, 0) is 14.8 Å². The van der Waals surface area contributed by atoms with E-state index in [1.807, 2.05) is 51.1 Å². The fourth-order valence-corrected chi connectivity index (χ4v) is 6.18. The van der Waals surface area contributed by atoms with Crippen LogP contribution in [0.25, 0.3) is 5.69 Å². The van der Waals surface area contributed by atoms with Crippen molar-refractivity contribution in [3.8, 4) is 28.7 Å². The predicted octanol–water partition coefficient (Wildman–Crippen LogP) is 4.78. The number of ether oxygens (including phenoxy) is 4. The van der Waals surface area contributed by atoms with Gasteiger partial charge in [0, 0.05) is 34.8 Å². The van der Waals surface area contributed by atoms with Gasteiger partial charge in [0.05, 0.1) is 45.2 Å². The number of nitrogens with zero attached hydrogens (tertiary/aromatic N) is 3. The third kappa shape index (κ3) is 6.65. The maximum atomic E-state index is 14.1. The van der Waals surface area contributed by atoms with Gasteiger partial charge in [-0.05, 0) is 63.2 Å². The molecule has 0 atom stereocenters. The topological polar surface area (TPSA) is 121 Å². The third-order valence-electron chi connectivity index (χ3n) is 7.04. The highest BCUT2D eigenvalue weighted by Crippen LogP contribution is 2.37. The average Bonchev–Trinajstić information content (AvgIpc) is 3.31. The Hall–Kier alpha value is -4.97. The van der Waals surface area contributed by atoms with Gasteiger partial charge in [0.1, 0.15) is 18.0 Å². The molecule has 0 bridgehead atoms. The first-order valence-corrected chi connectivity index (χ1v) is 15.0. The lowest BCUT2D eigenvalue weighted by Gasteiger charge is -2.26. The number of sulfonamides is 1. The number of carbonyl (C=O) groups excluding carboxylic acids is 1. The smallest absolute Gasteiger partial charge is 0.265 e. The molecule has 1 heterocycles. The zero-order valence-electron chi connectivity index (χ0n) is 25.7. The SMILES string of the molecule is COc1ccc(OC)c(N(CC(=O)N/N=C\c2cc(C)n(-c3ccc(C)cc3)c2C)S(=O)(=O)c2ccc(OC)c(OC)c2)c1. The van der Waals surface area contributed by atoms with Gasteiger partial charge in [-0.3, -0.25) is 9.10 Å². The van der Waals surface area contributed by atoms with Gasteiger partial charge in [0.25, 0.3) is 15.9 Å². The van der Waals surface area contributed by atoms with Gasteiger partial charge in [-0.1, -0.05) is 17.7 Å². The quantitative estimate of drug-likeness (QED) is 0.179. The number of anilines is 1. The van der Waals surface area contributed by atoms with E-state index in [0.717, 1.165) is 32.5 Å². The second-order valence-electron chi connectivity index (χ2n) is 9.86. The molecule has 4 rings (SSSR count). The summed E-state index contributed by atoms with van der Waals surface area (Å²) in [7, 11) is 1.38. The zero-order valence-corrected chi connectivity index (χ0v) is 26.6. The van der Waals surface area contributed by atoms with Gasteiger partial charge in [-0.25, -0.2) is 13.8 Å². The normalized spacial score (nSPS) is 11.3. The molecule has 0 saturated carbocycles. The number of aromatic nitrogens is 1. The molecule has 0 saturated heterocycles. The van der Waals surface area contributed by atoms with Gasteiger partial charge in [0.15, 0.2) is 11.5 Å². The van der Waals surface area contributed by atoms with E-state index in [9.17, 15) is 13.2 Å². The first kappa shape index (κ1) is 32.0. The fourth-order valence-electron chi connectivity index (χ4n) is 4.74. The third-order valence-corrected chi connectivity index (χ3v) is 8.80. The molecule has 0 unspecified atom stereocenters. The number of hydrogen-bond acceptors (Lipinski definition) is 8. The second kappa shape index (κ2) is 13.6. The molecule has 44 heavy (non-hydrogen) atoms. The number of methoxy groups -OCH3 is 4. The van der Waals surface area contributed by atoms with Crippen LogP contribution in [0.5, 0.6) is 23.0 Å². The van der Waals surface area contributed by atoms with Crippen LogP contribution in [-0.4, -0.2) is 60.1 Å². The summed E-state index contributed by atoms with van der Waals surface area (Å²) in [6, 6.07) is 19.0. The monoisotopic (exact) mass is 620 g/mol. The van der Waals surface area contributed by atoms with E-state index in [2.05, 4.69) is 15.1 Å². The fraction of sp³-hybridized carbons (Fsp3) is 0.250. The summed E-state index contributed by atoms with van der Waals surface area (Å²) >= 11 is 0. The van der Waals surface area contributed by atoms with Crippen molar-refractivity contribution in [2.75, 3.05) is 39.3 Å². The lowest BCUT2D eigenvalue weighted by Crippen LogP contribution is -2.39. The lowest BCUT2D eigenvalue weighted by atomic mass is 10.2. The second-order valence-corrected chi connectivity index (χ2v) is 11.7. The number of hydrazone groups is 1. The summed E-state index contributed by atoms with van der Waals surface area (Å²) in [6.07, 6.45) is 1.53. The van der Waals surface area contributed by atoms with Crippen LogP contribution in [0.15, 0.2) is 76.7 Å². The first-order chi connectivity index (χ1) is 21.0. The Morgan fingerprint density at radius 1 is 0.841 bits per heavy atom. The molecule has 0 aliphatic heterocycles. The maximum Gasteiger partial charge on any atom is 0.265 e. The van der Waals surface area contributed by atoms with Crippen LogP contribution in [0.1, 0.15) is 22.5 Å². The molecule has 1 N–H and O–H groups in total. The van der Waals surface area contributed by atoms with Crippen LogP contribution in [0.3, 0.4) is 0 Å². The van der Waals surface area contributed by atoms with Crippen LogP contribution in [0.2, 0.25) is 0 Å². The van der Waals surface area contributed by atoms with Gasteiger partial charge >= 0.3 is 0 Å². The van der Waals surface area contributed by atoms with Gasteiger partial charge in [0.2, 0.25) is 0 Å². The number of hydrogen-bond donors (Lipinski definition) is 1.